The molecule has 0 unspecified atom stereocenters. The summed E-state index contributed by atoms with van der Waals surface area (Å²) in [7, 11) is 0. The van der Waals surface area contributed by atoms with Gasteiger partial charge in [-0.3, -0.25) is 4.79 Å². The Morgan fingerprint density at radius 2 is 2.17 bits per heavy atom. The fourth-order valence-electron chi connectivity index (χ4n) is 0.704. The van der Waals surface area contributed by atoms with Gasteiger partial charge in [0.05, 0.1) is 5.69 Å². The summed E-state index contributed by atoms with van der Waals surface area (Å²) >= 11 is 0. The van der Waals surface area contributed by atoms with Crippen LogP contribution in [-0.4, -0.2) is 6.47 Å². The molecule has 0 aliphatic rings. The summed E-state index contributed by atoms with van der Waals surface area (Å²) < 4.78 is 17.0. The highest BCUT2D eigenvalue weighted by molar-refractivity contribution is 5.46. The molecule has 1 aromatic rings. The third kappa shape index (κ3) is 2.23. The van der Waals surface area contributed by atoms with Crippen molar-refractivity contribution >= 4 is 12.2 Å². The second-order valence-electron chi connectivity index (χ2n) is 1.97. The third-order valence-electron chi connectivity index (χ3n) is 1.21. The predicted molar refractivity (Wildman–Crippen MR) is 41.5 cm³/mol. The van der Waals surface area contributed by atoms with Gasteiger partial charge in [-0.1, -0.05) is 12.1 Å². The SMILES string of the molecule is O=CO[CH]Nc1ccccc1F. The van der Waals surface area contributed by atoms with Crippen LogP contribution >= 0.6 is 0 Å². The Labute approximate surface area is 69.2 Å². The van der Waals surface area contributed by atoms with E-state index >= 15 is 0 Å². The van der Waals surface area contributed by atoms with E-state index in [-0.39, 0.29) is 12.2 Å². The Morgan fingerprint density at radius 3 is 2.83 bits per heavy atom. The van der Waals surface area contributed by atoms with E-state index in [9.17, 15) is 9.18 Å². The Hall–Kier alpha value is -1.58. The first kappa shape index (κ1) is 8.52. The summed E-state index contributed by atoms with van der Waals surface area (Å²) in [6, 6.07) is 6.07. The number of halogens is 1. The quantitative estimate of drug-likeness (QED) is 0.547. The minimum Gasteiger partial charge on any atom is -0.438 e. The minimum atomic E-state index is -0.400. The van der Waals surface area contributed by atoms with Gasteiger partial charge in [-0.05, 0) is 12.1 Å². The molecule has 0 bridgehead atoms. The Balaban J connectivity index is 2.51. The van der Waals surface area contributed by atoms with Crippen LogP contribution < -0.4 is 5.32 Å². The maximum Gasteiger partial charge on any atom is 0.295 e. The van der Waals surface area contributed by atoms with Gasteiger partial charge in [-0.2, -0.15) is 0 Å². The van der Waals surface area contributed by atoms with E-state index in [2.05, 4.69) is 10.1 Å². The van der Waals surface area contributed by atoms with Gasteiger partial charge < -0.3 is 10.1 Å². The van der Waals surface area contributed by atoms with E-state index in [1.807, 2.05) is 0 Å². The molecule has 63 valence electrons. The fraction of sp³-hybridized carbons (Fsp3) is 0. The molecule has 0 aromatic heterocycles. The van der Waals surface area contributed by atoms with Crippen LogP contribution in [0.1, 0.15) is 0 Å². The third-order valence-corrected chi connectivity index (χ3v) is 1.21. The predicted octanol–water partition coefficient (Wildman–Crippen LogP) is 1.53. The zero-order valence-corrected chi connectivity index (χ0v) is 6.16. The zero-order valence-electron chi connectivity index (χ0n) is 6.16. The van der Waals surface area contributed by atoms with E-state index in [1.165, 1.54) is 12.1 Å². The van der Waals surface area contributed by atoms with Crippen LogP contribution in [0.3, 0.4) is 0 Å². The van der Waals surface area contributed by atoms with Crippen LogP contribution in [0.4, 0.5) is 10.1 Å². The summed E-state index contributed by atoms with van der Waals surface area (Å²) in [4.78, 5) is 9.69. The number of hydrogen-bond acceptors (Lipinski definition) is 3. The van der Waals surface area contributed by atoms with Crippen molar-refractivity contribution in [2.45, 2.75) is 0 Å². The molecule has 0 saturated carbocycles. The number of carbonyl (C=O) groups excluding carboxylic acids is 1. The van der Waals surface area contributed by atoms with Gasteiger partial charge in [0.25, 0.3) is 6.47 Å². The van der Waals surface area contributed by atoms with Gasteiger partial charge in [0.2, 0.25) is 6.73 Å². The number of carbonyl (C=O) groups is 1. The molecule has 0 atom stereocenters. The summed E-state index contributed by atoms with van der Waals surface area (Å²) in [5.74, 6) is -0.400. The van der Waals surface area contributed by atoms with Crippen molar-refractivity contribution in [2.75, 3.05) is 5.32 Å². The monoisotopic (exact) mass is 168 g/mol. The van der Waals surface area contributed by atoms with Crippen molar-refractivity contribution in [3.05, 3.63) is 36.8 Å². The molecule has 1 N–H and O–H groups in total. The molecule has 1 aromatic carbocycles. The Kier molecular flexibility index (Phi) is 3.07. The van der Waals surface area contributed by atoms with Crippen LogP contribution in [0.15, 0.2) is 24.3 Å². The molecule has 3 nitrogen and oxygen atoms in total. The highest BCUT2D eigenvalue weighted by atomic mass is 19.1. The van der Waals surface area contributed by atoms with Crippen molar-refractivity contribution in [3.63, 3.8) is 0 Å². The van der Waals surface area contributed by atoms with E-state index in [4.69, 9.17) is 0 Å². The lowest BCUT2D eigenvalue weighted by Crippen LogP contribution is -1.99. The second-order valence-corrected chi connectivity index (χ2v) is 1.97. The van der Waals surface area contributed by atoms with Gasteiger partial charge in [0.1, 0.15) is 5.82 Å². The number of rotatable bonds is 4. The summed E-state index contributed by atoms with van der Waals surface area (Å²) in [6.45, 7) is 1.25. The number of nitrogens with one attached hydrogen (secondary N) is 1. The molecule has 0 fully saturated rings. The molecule has 0 amide bonds. The van der Waals surface area contributed by atoms with Crippen LogP contribution in [0.25, 0.3) is 0 Å². The van der Waals surface area contributed by atoms with Crippen LogP contribution in [0.2, 0.25) is 0 Å². The number of para-hydroxylation sites is 1. The average molecular weight is 168 g/mol. The second kappa shape index (κ2) is 4.33. The van der Waals surface area contributed by atoms with Crippen LogP contribution in [0.5, 0.6) is 0 Å². The van der Waals surface area contributed by atoms with Gasteiger partial charge >= 0.3 is 0 Å². The van der Waals surface area contributed by atoms with E-state index in [0.29, 0.717) is 0 Å². The van der Waals surface area contributed by atoms with E-state index < -0.39 is 5.82 Å². The zero-order chi connectivity index (χ0) is 8.81. The molecule has 0 aliphatic carbocycles. The number of benzene rings is 1. The van der Waals surface area contributed by atoms with Crippen LogP contribution in [0, 0.1) is 12.5 Å². The average Bonchev–Trinajstić information content (AvgIpc) is 2.09. The van der Waals surface area contributed by atoms with E-state index in [0.717, 1.165) is 6.73 Å². The van der Waals surface area contributed by atoms with Crippen molar-refractivity contribution in [3.8, 4) is 0 Å². The molecular weight excluding hydrogens is 161 g/mol. The maximum atomic E-state index is 12.8. The topological polar surface area (TPSA) is 38.3 Å². The Bertz CT molecular complexity index is 265. The lowest BCUT2D eigenvalue weighted by Gasteiger charge is -2.03. The number of anilines is 1. The molecule has 12 heavy (non-hydrogen) atoms. The molecule has 0 spiro atoms. The highest BCUT2D eigenvalue weighted by Gasteiger charge is 1.97. The first-order valence-electron chi connectivity index (χ1n) is 3.26. The van der Waals surface area contributed by atoms with Crippen molar-refractivity contribution < 1.29 is 13.9 Å². The molecule has 0 heterocycles. The van der Waals surface area contributed by atoms with Crippen LogP contribution in [-0.2, 0) is 9.53 Å². The van der Waals surface area contributed by atoms with E-state index in [1.54, 1.807) is 12.1 Å². The Morgan fingerprint density at radius 1 is 1.42 bits per heavy atom. The number of hydrogen-bond donors (Lipinski definition) is 1. The van der Waals surface area contributed by atoms with Gasteiger partial charge in [0.15, 0.2) is 0 Å². The number of ether oxygens (including phenoxy) is 1. The van der Waals surface area contributed by atoms with Crippen molar-refractivity contribution in [1.82, 2.24) is 0 Å². The summed E-state index contributed by atoms with van der Waals surface area (Å²) in [6.07, 6.45) is 0. The highest BCUT2D eigenvalue weighted by Crippen LogP contribution is 2.12. The first-order valence-corrected chi connectivity index (χ1v) is 3.26. The summed E-state index contributed by atoms with van der Waals surface area (Å²) in [5, 5.41) is 2.46. The van der Waals surface area contributed by atoms with Gasteiger partial charge in [-0.25, -0.2) is 4.39 Å². The first-order chi connectivity index (χ1) is 5.84. The molecule has 4 heteroatoms. The lowest BCUT2D eigenvalue weighted by atomic mass is 10.3. The minimum absolute atomic E-state index is 0.244. The van der Waals surface area contributed by atoms with Crippen molar-refractivity contribution in [1.29, 1.82) is 0 Å². The summed E-state index contributed by atoms with van der Waals surface area (Å²) in [5.41, 5.74) is 0.263. The normalized spacial score (nSPS) is 9.08. The molecule has 0 saturated heterocycles. The molecular formula is C8H7FNO2. The largest absolute Gasteiger partial charge is 0.438 e. The van der Waals surface area contributed by atoms with Gasteiger partial charge in [-0.15, -0.1) is 0 Å². The molecule has 1 rings (SSSR count). The molecule has 0 aliphatic heterocycles. The maximum absolute atomic E-state index is 12.8. The molecule has 1 radical (unpaired) electrons. The standard InChI is InChI=1S/C8H7FNO2/c9-7-3-1-2-4-8(7)10-5-12-6-11/h1-6,10H. The smallest absolute Gasteiger partial charge is 0.295 e. The van der Waals surface area contributed by atoms with Gasteiger partial charge in [0, 0.05) is 0 Å². The fourth-order valence-corrected chi connectivity index (χ4v) is 0.704. The van der Waals surface area contributed by atoms with Crippen molar-refractivity contribution in [2.24, 2.45) is 0 Å². The lowest BCUT2D eigenvalue weighted by molar-refractivity contribution is -0.125.